The predicted octanol–water partition coefficient (Wildman–Crippen LogP) is 2.13. The molecular formula is C14H14N4. The molecule has 0 bridgehead atoms. The highest BCUT2D eigenvalue weighted by molar-refractivity contribution is 5.64. The van der Waals surface area contributed by atoms with Gasteiger partial charge in [-0.05, 0) is 6.92 Å². The van der Waals surface area contributed by atoms with Gasteiger partial charge in [-0.15, -0.1) is 0 Å². The summed E-state index contributed by atoms with van der Waals surface area (Å²) in [6.45, 7) is 1.92. The molecule has 0 spiro atoms. The van der Waals surface area contributed by atoms with Crippen LogP contribution >= 0.6 is 0 Å². The lowest BCUT2D eigenvalue weighted by Gasteiger charge is -2.03. The number of hydrogen-bond donors (Lipinski definition) is 1. The van der Waals surface area contributed by atoms with E-state index < -0.39 is 0 Å². The fourth-order valence-electron chi connectivity index (χ4n) is 2.12. The minimum Gasteiger partial charge on any atom is -0.336 e. The van der Waals surface area contributed by atoms with Gasteiger partial charge in [0, 0.05) is 30.4 Å². The Kier molecular flexibility index (Phi) is 2.30. The molecule has 0 saturated carbocycles. The van der Waals surface area contributed by atoms with Crippen molar-refractivity contribution in [2.24, 2.45) is 7.05 Å². The highest BCUT2D eigenvalue weighted by atomic mass is 15.3. The van der Waals surface area contributed by atoms with Crippen LogP contribution in [0.2, 0.25) is 0 Å². The molecule has 1 aromatic carbocycles. The first-order valence-corrected chi connectivity index (χ1v) is 5.83. The van der Waals surface area contributed by atoms with Crippen molar-refractivity contribution >= 4 is 5.65 Å². The molecule has 0 aliphatic heterocycles. The second-order valence-electron chi connectivity index (χ2n) is 4.44. The highest BCUT2D eigenvalue weighted by Crippen LogP contribution is 2.18. The third-order valence-corrected chi connectivity index (χ3v) is 3.09. The molecule has 0 unspecified atom stereocenters. The number of aryl methyl sites for hydroxylation is 2. The number of nitrogens with one attached hydrogen (secondary N) is 1. The number of aromatic nitrogens is 3. The quantitative estimate of drug-likeness (QED) is 0.693. The Hall–Kier alpha value is -2.36. The van der Waals surface area contributed by atoms with E-state index in [1.807, 2.05) is 61.1 Å². The van der Waals surface area contributed by atoms with Crippen LogP contribution in [0, 0.1) is 12.3 Å². The number of hydrogen-bond acceptors (Lipinski definition) is 2. The lowest BCUT2D eigenvalue weighted by Crippen LogP contribution is -2.20. The Balaban J connectivity index is 2.33. The van der Waals surface area contributed by atoms with Gasteiger partial charge in [0.25, 0.3) is 0 Å². The predicted molar refractivity (Wildman–Crippen MR) is 70.2 cm³/mol. The maximum Gasteiger partial charge on any atom is 0.152 e. The zero-order valence-corrected chi connectivity index (χ0v) is 10.4. The van der Waals surface area contributed by atoms with Crippen LogP contribution in [-0.4, -0.2) is 14.2 Å². The van der Waals surface area contributed by atoms with Crippen molar-refractivity contribution in [2.75, 3.05) is 0 Å². The van der Waals surface area contributed by atoms with Gasteiger partial charge >= 0.3 is 0 Å². The van der Waals surface area contributed by atoms with Gasteiger partial charge in [0.2, 0.25) is 0 Å². The van der Waals surface area contributed by atoms with Gasteiger partial charge < -0.3 is 4.57 Å². The number of benzene rings is 1. The van der Waals surface area contributed by atoms with E-state index in [1.165, 1.54) is 0 Å². The van der Waals surface area contributed by atoms with Crippen LogP contribution in [-0.2, 0) is 7.05 Å². The van der Waals surface area contributed by atoms with Crippen LogP contribution in [0.3, 0.4) is 0 Å². The first kappa shape index (κ1) is 10.8. The maximum absolute atomic E-state index is 8.05. The average Bonchev–Trinajstić information content (AvgIpc) is 2.83. The van der Waals surface area contributed by atoms with Crippen molar-refractivity contribution in [3.05, 3.63) is 53.6 Å². The minimum atomic E-state index is 0.435. The van der Waals surface area contributed by atoms with Gasteiger partial charge in [-0.1, -0.05) is 30.3 Å². The Bertz CT molecular complexity index is 766. The molecule has 2 heterocycles. The van der Waals surface area contributed by atoms with E-state index in [1.54, 1.807) is 4.52 Å². The Morgan fingerprint density at radius 2 is 1.89 bits per heavy atom. The van der Waals surface area contributed by atoms with Crippen LogP contribution in [0.1, 0.15) is 5.56 Å². The molecule has 90 valence electrons. The fourth-order valence-corrected chi connectivity index (χ4v) is 2.12. The van der Waals surface area contributed by atoms with Gasteiger partial charge in [-0.2, -0.15) is 9.61 Å². The average molecular weight is 238 g/mol. The van der Waals surface area contributed by atoms with Gasteiger partial charge in [-0.25, -0.2) is 0 Å². The molecule has 3 rings (SSSR count). The normalized spacial score (nSPS) is 11.0. The SMILES string of the molecule is Cc1cn(C)c2cc(-c3ccccc3)nn2c1=N. The van der Waals surface area contributed by atoms with Gasteiger partial charge in [0.1, 0.15) is 5.65 Å². The van der Waals surface area contributed by atoms with Crippen LogP contribution < -0.4 is 5.49 Å². The largest absolute Gasteiger partial charge is 0.336 e. The zero-order chi connectivity index (χ0) is 12.7. The zero-order valence-electron chi connectivity index (χ0n) is 10.4. The molecule has 0 radical (unpaired) electrons. The molecule has 1 N–H and O–H groups in total. The summed E-state index contributed by atoms with van der Waals surface area (Å²) in [7, 11) is 1.97. The topological polar surface area (TPSA) is 46.1 Å². The third kappa shape index (κ3) is 1.54. The van der Waals surface area contributed by atoms with Gasteiger partial charge in [0.05, 0.1) is 5.69 Å². The minimum absolute atomic E-state index is 0.435. The molecule has 4 heteroatoms. The Morgan fingerprint density at radius 1 is 1.17 bits per heavy atom. The molecule has 3 aromatic rings. The molecule has 2 aromatic heterocycles. The van der Waals surface area contributed by atoms with Crippen molar-refractivity contribution in [1.29, 1.82) is 5.41 Å². The summed E-state index contributed by atoms with van der Waals surface area (Å²) in [5.41, 5.74) is 4.23. The van der Waals surface area contributed by atoms with Crippen LogP contribution in [0.15, 0.2) is 42.6 Å². The summed E-state index contributed by atoms with van der Waals surface area (Å²) < 4.78 is 3.67. The standard InChI is InChI=1S/C14H14N4/c1-10-9-17(2)13-8-12(16-18(13)14(10)15)11-6-4-3-5-7-11/h3-9,15H,1-2H3. The smallest absolute Gasteiger partial charge is 0.152 e. The molecule has 18 heavy (non-hydrogen) atoms. The summed E-state index contributed by atoms with van der Waals surface area (Å²) in [6.07, 6.45) is 1.95. The van der Waals surface area contributed by atoms with Crippen LogP contribution in [0.25, 0.3) is 16.9 Å². The third-order valence-electron chi connectivity index (χ3n) is 3.09. The fraction of sp³-hybridized carbons (Fsp3) is 0.143. The number of nitrogens with zero attached hydrogens (tertiary/aromatic N) is 3. The van der Waals surface area contributed by atoms with Crippen molar-refractivity contribution in [3.63, 3.8) is 0 Å². The molecule has 0 amide bonds. The van der Waals surface area contributed by atoms with Crippen molar-refractivity contribution in [2.45, 2.75) is 6.92 Å². The first-order valence-electron chi connectivity index (χ1n) is 5.83. The molecular weight excluding hydrogens is 224 g/mol. The Morgan fingerprint density at radius 3 is 2.61 bits per heavy atom. The summed E-state index contributed by atoms with van der Waals surface area (Å²) in [6, 6.07) is 12.0. The summed E-state index contributed by atoms with van der Waals surface area (Å²) in [4.78, 5) is 0. The van der Waals surface area contributed by atoms with E-state index in [2.05, 4.69) is 5.10 Å². The molecule has 0 saturated heterocycles. The molecule has 0 atom stereocenters. The lowest BCUT2D eigenvalue weighted by molar-refractivity contribution is 0.785. The van der Waals surface area contributed by atoms with Crippen molar-refractivity contribution in [1.82, 2.24) is 14.2 Å². The second-order valence-corrected chi connectivity index (χ2v) is 4.44. The summed E-state index contributed by atoms with van der Waals surface area (Å²) in [5.74, 6) is 0. The molecule has 0 fully saturated rings. The Labute approximate surface area is 105 Å². The van der Waals surface area contributed by atoms with Crippen molar-refractivity contribution < 1.29 is 0 Å². The van der Waals surface area contributed by atoms with E-state index in [0.29, 0.717) is 5.49 Å². The maximum atomic E-state index is 8.05. The number of fused-ring (bicyclic) bond motifs is 1. The highest BCUT2D eigenvalue weighted by Gasteiger charge is 2.07. The monoisotopic (exact) mass is 238 g/mol. The summed E-state index contributed by atoms with van der Waals surface area (Å²) >= 11 is 0. The second kappa shape index (κ2) is 3.84. The summed E-state index contributed by atoms with van der Waals surface area (Å²) in [5, 5.41) is 12.6. The van der Waals surface area contributed by atoms with E-state index in [4.69, 9.17) is 5.41 Å². The van der Waals surface area contributed by atoms with E-state index in [9.17, 15) is 0 Å². The molecule has 4 nitrogen and oxygen atoms in total. The number of rotatable bonds is 1. The van der Waals surface area contributed by atoms with E-state index in [-0.39, 0.29) is 0 Å². The first-order chi connectivity index (χ1) is 8.66. The van der Waals surface area contributed by atoms with Crippen LogP contribution in [0.4, 0.5) is 0 Å². The van der Waals surface area contributed by atoms with Gasteiger partial charge in [-0.3, -0.25) is 5.41 Å². The van der Waals surface area contributed by atoms with Crippen molar-refractivity contribution in [3.8, 4) is 11.3 Å². The van der Waals surface area contributed by atoms with Gasteiger partial charge in [0.15, 0.2) is 5.49 Å². The van der Waals surface area contributed by atoms with Crippen LogP contribution in [0.5, 0.6) is 0 Å². The molecule has 0 aliphatic carbocycles. The van der Waals surface area contributed by atoms with E-state index >= 15 is 0 Å². The van der Waals surface area contributed by atoms with E-state index in [0.717, 1.165) is 22.5 Å². The molecule has 0 aliphatic rings. The lowest BCUT2D eigenvalue weighted by atomic mass is 10.2.